The van der Waals surface area contributed by atoms with Crippen LogP contribution in [0.2, 0.25) is 0 Å². The molecule has 1 aliphatic heterocycles. The SMILES string of the molecule is COC(=O)c1c(C)nsc1NC(=O)N1CCC[C@@H]1c1cccc(F)c1. The Balaban J connectivity index is 1.80. The second kappa shape index (κ2) is 7.18. The number of methoxy groups -OCH3 is 1. The summed E-state index contributed by atoms with van der Waals surface area (Å²) in [6.07, 6.45) is 1.60. The molecule has 1 aromatic heterocycles. The molecular formula is C17H18FN3O3S. The molecule has 2 heterocycles. The first-order valence-corrected chi connectivity index (χ1v) is 8.66. The van der Waals surface area contributed by atoms with E-state index in [1.807, 2.05) is 6.07 Å². The standard InChI is InChI=1S/C17H18FN3O3S/c1-10-14(16(22)24-2)15(25-20-10)19-17(23)21-8-4-7-13(21)11-5-3-6-12(18)9-11/h3,5-6,9,13H,4,7-8H2,1-2H3,(H,19,23)/t13-/m1/s1. The van der Waals surface area contributed by atoms with Crippen molar-refractivity contribution < 1.29 is 18.7 Å². The van der Waals surface area contributed by atoms with Crippen molar-refractivity contribution in [3.05, 3.63) is 46.9 Å². The van der Waals surface area contributed by atoms with E-state index < -0.39 is 5.97 Å². The fraction of sp³-hybridized carbons (Fsp3) is 0.353. The summed E-state index contributed by atoms with van der Waals surface area (Å²) in [5.74, 6) is -0.861. The van der Waals surface area contributed by atoms with Crippen LogP contribution in [0.3, 0.4) is 0 Å². The minimum absolute atomic E-state index is 0.189. The fourth-order valence-electron chi connectivity index (χ4n) is 3.04. The molecule has 0 aliphatic carbocycles. The van der Waals surface area contributed by atoms with Gasteiger partial charge in [0, 0.05) is 6.54 Å². The second-order valence-corrected chi connectivity index (χ2v) is 6.57. The van der Waals surface area contributed by atoms with E-state index in [9.17, 15) is 14.0 Å². The predicted molar refractivity (Wildman–Crippen MR) is 92.3 cm³/mol. The van der Waals surface area contributed by atoms with E-state index in [2.05, 4.69) is 9.69 Å². The number of rotatable bonds is 3. The van der Waals surface area contributed by atoms with Gasteiger partial charge in [0.25, 0.3) is 0 Å². The van der Waals surface area contributed by atoms with Gasteiger partial charge in [0.15, 0.2) is 0 Å². The summed E-state index contributed by atoms with van der Waals surface area (Å²) in [5.41, 5.74) is 1.54. The smallest absolute Gasteiger partial charge is 0.342 e. The van der Waals surface area contributed by atoms with Gasteiger partial charge in [-0.05, 0) is 49.0 Å². The zero-order valence-electron chi connectivity index (χ0n) is 13.9. The summed E-state index contributed by atoms with van der Waals surface area (Å²) in [6.45, 7) is 2.25. The number of likely N-dealkylation sites (tertiary alicyclic amines) is 1. The molecule has 0 saturated carbocycles. The number of carbonyl (C=O) groups is 2. The van der Waals surface area contributed by atoms with Crippen molar-refractivity contribution in [1.29, 1.82) is 0 Å². The van der Waals surface area contributed by atoms with Crippen LogP contribution >= 0.6 is 11.5 Å². The van der Waals surface area contributed by atoms with Crippen molar-refractivity contribution in [3.63, 3.8) is 0 Å². The lowest BCUT2D eigenvalue weighted by molar-refractivity contribution is 0.0601. The van der Waals surface area contributed by atoms with Crippen LogP contribution in [0.25, 0.3) is 0 Å². The van der Waals surface area contributed by atoms with E-state index in [4.69, 9.17) is 4.74 Å². The van der Waals surface area contributed by atoms with E-state index in [0.29, 0.717) is 17.2 Å². The molecule has 1 fully saturated rings. The van der Waals surface area contributed by atoms with Crippen LogP contribution in [-0.4, -0.2) is 34.9 Å². The molecule has 0 bridgehead atoms. The van der Waals surface area contributed by atoms with Crippen molar-refractivity contribution in [1.82, 2.24) is 9.27 Å². The Hall–Kier alpha value is -2.48. The number of benzene rings is 1. The molecule has 3 rings (SSSR count). The van der Waals surface area contributed by atoms with Gasteiger partial charge in [-0.1, -0.05) is 12.1 Å². The van der Waals surface area contributed by atoms with Crippen LogP contribution in [0.4, 0.5) is 14.2 Å². The predicted octanol–water partition coefficient (Wildman–Crippen LogP) is 3.75. The number of amides is 2. The number of hydrogen-bond acceptors (Lipinski definition) is 5. The van der Waals surface area contributed by atoms with Gasteiger partial charge in [0.2, 0.25) is 0 Å². The molecule has 1 N–H and O–H groups in total. The van der Waals surface area contributed by atoms with Crippen LogP contribution in [-0.2, 0) is 4.74 Å². The highest BCUT2D eigenvalue weighted by molar-refractivity contribution is 7.11. The van der Waals surface area contributed by atoms with Crippen molar-refractivity contribution in [2.45, 2.75) is 25.8 Å². The third-order valence-corrected chi connectivity index (χ3v) is 5.07. The third kappa shape index (κ3) is 3.48. The minimum atomic E-state index is -0.537. The number of nitrogens with one attached hydrogen (secondary N) is 1. The first-order valence-electron chi connectivity index (χ1n) is 7.89. The van der Waals surface area contributed by atoms with E-state index >= 15 is 0 Å². The highest BCUT2D eigenvalue weighted by atomic mass is 32.1. The molecule has 132 valence electrons. The number of urea groups is 1. The van der Waals surface area contributed by atoms with Gasteiger partial charge in [0.05, 0.1) is 18.8 Å². The maximum Gasteiger partial charge on any atom is 0.342 e. The average Bonchev–Trinajstić information content (AvgIpc) is 3.21. The van der Waals surface area contributed by atoms with E-state index in [-0.39, 0.29) is 23.5 Å². The van der Waals surface area contributed by atoms with Crippen molar-refractivity contribution in [3.8, 4) is 0 Å². The highest BCUT2D eigenvalue weighted by Crippen LogP contribution is 2.33. The van der Waals surface area contributed by atoms with Gasteiger partial charge < -0.3 is 9.64 Å². The molecule has 1 aromatic carbocycles. The molecule has 2 amide bonds. The summed E-state index contributed by atoms with van der Waals surface area (Å²) in [6, 6.07) is 5.77. The quantitative estimate of drug-likeness (QED) is 0.843. The molecule has 6 nitrogen and oxygen atoms in total. The lowest BCUT2D eigenvalue weighted by Gasteiger charge is -2.25. The molecule has 8 heteroatoms. The van der Waals surface area contributed by atoms with Crippen LogP contribution < -0.4 is 5.32 Å². The lowest BCUT2D eigenvalue weighted by Crippen LogP contribution is -2.34. The fourth-order valence-corrected chi connectivity index (χ4v) is 3.81. The lowest BCUT2D eigenvalue weighted by atomic mass is 10.0. The zero-order valence-corrected chi connectivity index (χ0v) is 14.7. The van der Waals surface area contributed by atoms with Crippen molar-refractivity contribution in [2.75, 3.05) is 19.0 Å². The molecule has 1 aliphatic rings. The maximum absolute atomic E-state index is 13.5. The Morgan fingerprint density at radius 2 is 2.24 bits per heavy atom. The molecule has 2 aromatic rings. The topological polar surface area (TPSA) is 71.5 Å². The first-order chi connectivity index (χ1) is 12.0. The number of anilines is 1. The Morgan fingerprint density at radius 1 is 1.44 bits per heavy atom. The number of aromatic nitrogens is 1. The summed E-state index contributed by atoms with van der Waals surface area (Å²) in [7, 11) is 1.28. The number of ether oxygens (including phenoxy) is 1. The number of hydrogen-bond donors (Lipinski definition) is 1. The Morgan fingerprint density at radius 3 is 2.96 bits per heavy atom. The largest absolute Gasteiger partial charge is 0.465 e. The molecule has 0 spiro atoms. The maximum atomic E-state index is 13.5. The molecule has 0 radical (unpaired) electrons. The Kier molecular flexibility index (Phi) is 4.98. The average molecular weight is 363 g/mol. The van der Waals surface area contributed by atoms with Gasteiger partial charge in [-0.3, -0.25) is 5.32 Å². The molecule has 0 unspecified atom stereocenters. The van der Waals surface area contributed by atoms with Crippen molar-refractivity contribution in [2.24, 2.45) is 0 Å². The van der Waals surface area contributed by atoms with E-state index in [1.54, 1.807) is 17.9 Å². The van der Waals surface area contributed by atoms with Crippen LogP contribution in [0.15, 0.2) is 24.3 Å². The summed E-state index contributed by atoms with van der Waals surface area (Å²) < 4.78 is 22.4. The number of nitrogens with zero attached hydrogens (tertiary/aromatic N) is 2. The summed E-state index contributed by atoms with van der Waals surface area (Å²) >= 11 is 1.04. The summed E-state index contributed by atoms with van der Waals surface area (Å²) in [4.78, 5) is 26.2. The van der Waals surface area contributed by atoms with Gasteiger partial charge in [-0.2, -0.15) is 4.37 Å². The van der Waals surface area contributed by atoms with Gasteiger partial charge in [-0.25, -0.2) is 14.0 Å². The van der Waals surface area contributed by atoms with Crippen molar-refractivity contribution >= 4 is 28.5 Å². The minimum Gasteiger partial charge on any atom is -0.465 e. The second-order valence-electron chi connectivity index (χ2n) is 5.80. The Bertz CT molecular complexity index is 808. The highest BCUT2D eigenvalue weighted by Gasteiger charge is 2.31. The number of aryl methyl sites for hydroxylation is 1. The zero-order chi connectivity index (χ0) is 18.0. The molecule has 25 heavy (non-hydrogen) atoms. The van der Waals surface area contributed by atoms with Crippen LogP contribution in [0.5, 0.6) is 0 Å². The van der Waals surface area contributed by atoms with Crippen LogP contribution in [0, 0.1) is 12.7 Å². The normalized spacial score (nSPS) is 16.8. The Labute approximate surface area is 148 Å². The monoisotopic (exact) mass is 363 g/mol. The van der Waals surface area contributed by atoms with E-state index in [0.717, 1.165) is 29.9 Å². The third-order valence-electron chi connectivity index (χ3n) is 4.22. The molecule has 1 atom stereocenters. The van der Waals surface area contributed by atoms with E-state index in [1.165, 1.54) is 19.2 Å². The number of esters is 1. The van der Waals surface area contributed by atoms with Gasteiger partial charge in [0.1, 0.15) is 16.4 Å². The molecular weight excluding hydrogens is 345 g/mol. The van der Waals surface area contributed by atoms with Crippen LogP contribution in [0.1, 0.15) is 40.5 Å². The van der Waals surface area contributed by atoms with Gasteiger partial charge in [-0.15, -0.1) is 0 Å². The number of halogens is 1. The molecule has 1 saturated heterocycles. The van der Waals surface area contributed by atoms with Gasteiger partial charge >= 0.3 is 12.0 Å². The number of carbonyl (C=O) groups excluding carboxylic acids is 2. The first kappa shape index (κ1) is 17.3. The summed E-state index contributed by atoms with van der Waals surface area (Å²) in [5, 5.41) is 3.11.